The van der Waals surface area contributed by atoms with E-state index in [1.165, 1.54) is 0 Å². The standard InChI is InChI=1S/C18H19BrN6O.ClH/c19-13-8-22-17-15(16(13)25-5-3-11(6-20)10-25)14(9-23-17)24-18(26)12-2-1-4-21-7-12;/h1-2,4,7-9,11H,3,5-6,10,20H2,(H,22,23)(H,24,26);1H/t11-;/m1./s1. The Morgan fingerprint density at radius 2 is 2.30 bits per heavy atom. The number of nitrogens with zero attached hydrogens (tertiary/aromatic N) is 3. The summed E-state index contributed by atoms with van der Waals surface area (Å²) in [5, 5.41) is 3.87. The molecule has 142 valence electrons. The number of H-pyrrole nitrogens is 1. The first-order valence-electron chi connectivity index (χ1n) is 8.49. The molecule has 1 atom stereocenters. The summed E-state index contributed by atoms with van der Waals surface area (Å²) in [5.74, 6) is 0.281. The monoisotopic (exact) mass is 450 g/mol. The maximum Gasteiger partial charge on any atom is 0.257 e. The van der Waals surface area contributed by atoms with Crippen LogP contribution in [0.15, 0.2) is 41.4 Å². The molecule has 4 rings (SSSR count). The number of aromatic nitrogens is 3. The van der Waals surface area contributed by atoms with Crippen molar-refractivity contribution in [1.29, 1.82) is 0 Å². The number of hydrogen-bond acceptors (Lipinski definition) is 5. The molecule has 7 nitrogen and oxygen atoms in total. The summed E-state index contributed by atoms with van der Waals surface area (Å²) in [7, 11) is 0. The zero-order valence-corrected chi connectivity index (χ0v) is 16.9. The van der Waals surface area contributed by atoms with Gasteiger partial charge in [-0.2, -0.15) is 0 Å². The van der Waals surface area contributed by atoms with Crippen LogP contribution in [0.25, 0.3) is 11.0 Å². The Bertz CT molecular complexity index is 948. The summed E-state index contributed by atoms with van der Waals surface area (Å²) in [5.41, 5.74) is 8.83. The maximum atomic E-state index is 12.5. The molecule has 1 saturated heterocycles. The Kier molecular flexibility index (Phi) is 5.98. The number of rotatable bonds is 4. The van der Waals surface area contributed by atoms with Gasteiger partial charge in [-0.05, 0) is 46.9 Å². The van der Waals surface area contributed by atoms with Gasteiger partial charge < -0.3 is 20.9 Å². The molecule has 1 amide bonds. The second kappa shape index (κ2) is 8.24. The number of halogens is 2. The van der Waals surface area contributed by atoms with Gasteiger partial charge in [-0.25, -0.2) is 4.98 Å². The van der Waals surface area contributed by atoms with Crippen molar-refractivity contribution in [3.63, 3.8) is 0 Å². The average Bonchev–Trinajstić information content (AvgIpc) is 3.30. The molecule has 1 fully saturated rings. The van der Waals surface area contributed by atoms with Crippen molar-refractivity contribution in [3.8, 4) is 0 Å². The van der Waals surface area contributed by atoms with Gasteiger partial charge in [0.1, 0.15) is 5.65 Å². The predicted molar refractivity (Wildman–Crippen MR) is 113 cm³/mol. The van der Waals surface area contributed by atoms with Crippen LogP contribution in [0, 0.1) is 5.92 Å². The third-order valence-electron chi connectivity index (χ3n) is 4.74. The Morgan fingerprint density at radius 3 is 3.00 bits per heavy atom. The summed E-state index contributed by atoms with van der Waals surface area (Å²) >= 11 is 3.63. The summed E-state index contributed by atoms with van der Waals surface area (Å²) in [6.07, 6.45) is 7.82. The Balaban J connectivity index is 0.00000210. The normalized spacial score (nSPS) is 16.4. The van der Waals surface area contributed by atoms with Crippen LogP contribution < -0.4 is 16.0 Å². The fraction of sp³-hybridized carbons (Fsp3) is 0.278. The van der Waals surface area contributed by atoms with Crippen molar-refractivity contribution >= 4 is 56.7 Å². The van der Waals surface area contributed by atoms with E-state index in [2.05, 4.69) is 41.1 Å². The molecular formula is C18H20BrClN6O. The van der Waals surface area contributed by atoms with Crippen LogP contribution in [0.3, 0.4) is 0 Å². The SMILES string of the molecule is Cl.NC[C@H]1CCN(c2c(Br)cnc3[nH]cc(NC(=O)c4cccnc4)c23)C1. The lowest BCUT2D eigenvalue weighted by Crippen LogP contribution is -2.23. The van der Waals surface area contributed by atoms with Crippen molar-refractivity contribution in [2.45, 2.75) is 6.42 Å². The number of hydrogen-bond donors (Lipinski definition) is 3. The highest BCUT2D eigenvalue weighted by atomic mass is 79.9. The van der Waals surface area contributed by atoms with Crippen molar-refractivity contribution in [3.05, 3.63) is 47.0 Å². The third-order valence-corrected chi connectivity index (χ3v) is 5.32. The minimum Gasteiger partial charge on any atom is -0.370 e. The number of amides is 1. The topological polar surface area (TPSA) is 99.9 Å². The van der Waals surface area contributed by atoms with E-state index in [0.29, 0.717) is 23.7 Å². The number of carbonyl (C=O) groups is 1. The van der Waals surface area contributed by atoms with Gasteiger partial charge >= 0.3 is 0 Å². The highest BCUT2D eigenvalue weighted by Gasteiger charge is 2.26. The number of nitrogens with one attached hydrogen (secondary N) is 2. The van der Waals surface area contributed by atoms with Gasteiger partial charge in [0, 0.05) is 37.9 Å². The molecule has 27 heavy (non-hydrogen) atoms. The molecule has 0 bridgehead atoms. The molecular weight excluding hydrogens is 432 g/mol. The van der Waals surface area contributed by atoms with E-state index in [1.807, 2.05) is 0 Å². The molecule has 0 unspecified atom stereocenters. The molecule has 4 heterocycles. The van der Waals surface area contributed by atoms with Crippen LogP contribution in [0.5, 0.6) is 0 Å². The van der Waals surface area contributed by atoms with E-state index in [9.17, 15) is 4.79 Å². The minimum absolute atomic E-state index is 0. The van der Waals surface area contributed by atoms with E-state index in [-0.39, 0.29) is 18.3 Å². The Hall–Kier alpha value is -2.16. The van der Waals surface area contributed by atoms with E-state index in [0.717, 1.165) is 40.7 Å². The first-order valence-corrected chi connectivity index (χ1v) is 9.28. The quantitative estimate of drug-likeness (QED) is 0.566. The number of aromatic amines is 1. The molecule has 9 heteroatoms. The van der Waals surface area contributed by atoms with Crippen molar-refractivity contribution in [2.24, 2.45) is 11.7 Å². The van der Waals surface area contributed by atoms with E-state index >= 15 is 0 Å². The Labute approximate surface area is 171 Å². The van der Waals surface area contributed by atoms with E-state index in [1.54, 1.807) is 36.9 Å². The van der Waals surface area contributed by atoms with Crippen molar-refractivity contribution in [1.82, 2.24) is 15.0 Å². The van der Waals surface area contributed by atoms with E-state index in [4.69, 9.17) is 5.73 Å². The molecule has 3 aromatic heterocycles. The smallest absolute Gasteiger partial charge is 0.257 e. The number of fused-ring (bicyclic) bond motifs is 1. The number of anilines is 2. The first kappa shape index (κ1) is 19.6. The first-order chi connectivity index (χ1) is 12.7. The van der Waals surface area contributed by atoms with Gasteiger partial charge in [-0.15, -0.1) is 12.4 Å². The van der Waals surface area contributed by atoms with Gasteiger partial charge in [0.15, 0.2) is 0 Å². The van der Waals surface area contributed by atoms with Crippen LogP contribution in [0.2, 0.25) is 0 Å². The number of carbonyl (C=O) groups excluding carboxylic acids is 1. The lowest BCUT2D eigenvalue weighted by Gasteiger charge is -2.21. The van der Waals surface area contributed by atoms with Crippen LogP contribution in [-0.4, -0.2) is 40.5 Å². The van der Waals surface area contributed by atoms with Crippen LogP contribution in [0.4, 0.5) is 11.4 Å². The molecule has 1 aliphatic heterocycles. The molecule has 3 aromatic rings. The van der Waals surface area contributed by atoms with Crippen LogP contribution >= 0.6 is 28.3 Å². The molecule has 1 aliphatic rings. The van der Waals surface area contributed by atoms with Gasteiger partial charge in [0.05, 0.1) is 26.8 Å². The molecule has 0 radical (unpaired) electrons. The second-order valence-corrected chi connectivity index (χ2v) is 7.27. The fourth-order valence-electron chi connectivity index (χ4n) is 3.38. The molecule has 0 aromatic carbocycles. The highest BCUT2D eigenvalue weighted by Crippen LogP contribution is 2.39. The largest absolute Gasteiger partial charge is 0.370 e. The van der Waals surface area contributed by atoms with Crippen LogP contribution in [-0.2, 0) is 0 Å². The third kappa shape index (κ3) is 3.78. The van der Waals surface area contributed by atoms with E-state index < -0.39 is 0 Å². The van der Waals surface area contributed by atoms with Gasteiger partial charge in [0.2, 0.25) is 0 Å². The summed E-state index contributed by atoms with van der Waals surface area (Å²) < 4.78 is 0.902. The van der Waals surface area contributed by atoms with Gasteiger partial charge in [-0.3, -0.25) is 9.78 Å². The minimum atomic E-state index is -0.203. The lowest BCUT2D eigenvalue weighted by molar-refractivity contribution is 0.102. The summed E-state index contributed by atoms with van der Waals surface area (Å²) in [6.45, 7) is 2.51. The van der Waals surface area contributed by atoms with Crippen molar-refractivity contribution in [2.75, 3.05) is 29.9 Å². The van der Waals surface area contributed by atoms with Gasteiger partial charge in [0.25, 0.3) is 5.91 Å². The maximum absolute atomic E-state index is 12.5. The molecule has 0 spiro atoms. The Morgan fingerprint density at radius 1 is 1.44 bits per heavy atom. The molecule has 4 N–H and O–H groups in total. The second-order valence-electron chi connectivity index (χ2n) is 6.41. The van der Waals surface area contributed by atoms with Crippen LogP contribution in [0.1, 0.15) is 16.8 Å². The number of nitrogens with two attached hydrogens (primary N) is 1. The summed E-state index contributed by atoms with van der Waals surface area (Å²) in [6, 6.07) is 3.48. The molecule has 0 saturated carbocycles. The fourth-order valence-corrected chi connectivity index (χ4v) is 3.93. The predicted octanol–water partition coefficient (Wildman–Crippen LogP) is 3.18. The zero-order valence-electron chi connectivity index (χ0n) is 14.5. The number of pyridine rings is 2. The lowest BCUT2D eigenvalue weighted by atomic mass is 10.1. The summed E-state index contributed by atoms with van der Waals surface area (Å²) in [4.78, 5) is 26.4. The van der Waals surface area contributed by atoms with Gasteiger partial charge in [-0.1, -0.05) is 0 Å². The highest BCUT2D eigenvalue weighted by molar-refractivity contribution is 9.10. The van der Waals surface area contributed by atoms with Crippen molar-refractivity contribution < 1.29 is 4.79 Å². The zero-order chi connectivity index (χ0) is 18.1. The molecule has 0 aliphatic carbocycles. The average molecular weight is 452 g/mol.